The van der Waals surface area contributed by atoms with Gasteiger partial charge >= 0.3 is 0 Å². The Morgan fingerprint density at radius 2 is 1.72 bits per heavy atom. The lowest BCUT2D eigenvalue weighted by Gasteiger charge is -2.26. The molecular formula is C34H35N7O5S. The van der Waals surface area contributed by atoms with Crippen LogP contribution in [0.25, 0.3) is 0 Å². The van der Waals surface area contributed by atoms with Gasteiger partial charge in [-0.3, -0.25) is 28.9 Å². The number of hydrogen-bond donors (Lipinski definition) is 2. The van der Waals surface area contributed by atoms with E-state index < -0.39 is 15.6 Å². The highest BCUT2D eigenvalue weighted by Gasteiger charge is 2.16. The monoisotopic (exact) mass is 653 g/mol. The third kappa shape index (κ3) is 8.98. The molecule has 0 spiro atoms. The molecule has 2 aromatic carbocycles. The molecule has 242 valence electrons. The topological polar surface area (TPSA) is 148 Å². The predicted octanol–water partition coefficient (Wildman–Crippen LogP) is 3.13. The Morgan fingerprint density at radius 1 is 0.957 bits per heavy atom. The molecule has 5 rings (SSSR count). The van der Waals surface area contributed by atoms with E-state index >= 15 is 0 Å². The maximum Gasteiger partial charge on any atom is 0.286 e. The summed E-state index contributed by atoms with van der Waals surface area (Å²) in [4.78, 5) is 45.1. The number of ether oxygens (including phenoxy) is 1. The second-order valence-electron chi connectivity index (χ2n) is 11.0. The standard InChI is InChI=1S/C34H35N7O5S/c1-24-18-31(40(2)38-24)34(44)37-29-8-4-6-25(20-29)10-11-26-19-28(23-35-22-26)33(43)39-47(3,45)30-9-5-7-27(21-30)32(42)36-12-13-41-14-16-46-17-15-41/h4-9,18-23H,12-17H2,1-3H3,(H,36,42)(H,37,44). The molecule has 1 fully saturated rings. The van der Waals surface area contributed by atoms with Crippen LogP contribution in [0.15, 0.2) is 82.3 Å². The average Bonchev–Trinajstić information content (AvgIpc) is 3.42. The fraction of sp³-hybridized carbons (Fsp3) is 0.265. The Bertz CT molecular complexity index is 2000. The van der Waals surface area contributed by atoms with E-state index in [9.17, 15) is 18.6 Å². The summed E-state index contributed by atoms with van der Waals surface area (Å²) in [5, 5.41) is 9.94. The molecular weight excluding hydrogens is 618 g/mol. The Morgan fingerprint density at radius 3 is 2.49 bits per heavy atom. The summed E-state index contributed by atoms with van der Waals surface area (Å²) < 4.78 is 24.4. The molecule has 3 amide bonds. The lowest BCUT2D eigenvalue weighted by Crippen LogP contribution is -2.41. The number of nitrogens with zero attached hydrogens (tertiary/aromatic N) is 5. The van der Waals surface area contributed by atoms with Gasteiger partial charge in [-0.1, -0.05) is 24.0 Å². The molecule has 0 bridgehead atoms. The summed E-state index contributed by atoms with van der Waals surface area (Å²) in [6.07, 6.45) is 4.20. The molecule has 0 saturated carbocycles. The van der Waals surface area contributed by atoms with Gasteiger partial charge in [-0.15, -0.1) is 0 Å². The fourth-order valence-corrected chi connectivity index (χ4v) is 6.06. The number of aryl methyl sites for hydroxylation is 2. The number of rotatable bonds is 8. The highest BCUT2D eigenvalue weighted by molar-refractivity contribution is 7.93. The van der Waals surface area contributed by atoms with Crippen LogP contribution in [-0.4, -0.2) is 87.2 Å². The van der Waals surface area contributed by atoms with Gasteiger partial charge < -0.3 is 15.4 Å². The van der Waals surface area contributed by atoms with Crippen LogP contribution in [-0.2, 0) is 21.5 Å². The minimum Gasteiger partial charge on any atom is -0.379 e. The van der Waals surface area contributed by atoms with E-state index in [0.29, 0.717) is 54.4 Å². The van der Waals surface area contributed by atoms with Gasteiger partial charge in [-0.05, 0) is 55.5 Å². The second-order valence-corrected chi connectivity index (χ2v) is 13.2. The number of carbonyl (C=O) groups is 3. The Labute approximate surface area is 273 Å². The third-order valence-corrected chi connectivity index (χ3v) is 8.94. The van der Waals surface area contributed by atoms with Crippen molar-refractivity contribution >= 4 is 33.1 Å². The number of amides is 3. The van der Waals surface area contributed by atoms with Gasteiger partial charge in [-0.25, -0.2) is 4.21 Å². The molecule has 1 saturated heterocycles. The van der Waals surface area contributed by atoms with Gasteiger partial charge in [0, 0.05) is 79.1 Å². The first-order valence-electron chi connectivity index (χ1n) is 14.9. The Balaban J connectivity index is 1.25. The maximum atomic E-state index is 13.6. The third-order valence-electron chi connectivity index (χ3n) is 7.30. The van der Waals surface area contributed by atoms with Gasteiger partial charge in [0.1, 0.15) is 5.69 Å². The first-order chi connectivity index (χ1) is 22.6. The number of aromatic nitrogens is 3. The zero-order valence-corrected chi connectivity index (χ0v) is 27.2. The highest BCUT2D eigenvalue weighted by atomic mass is 32.2. The molecule has 12 nitrogen and oxygen atoms in total. The molecule has 1 unspecified atom stereocenters. The predicted molar refractivity (Wildman–Crippen MR) is 178 cm³/mol. The molecule has 13 heteroatoms. The fourth-order valence-electron chi connectivity index (χ4n) is 4.85. The first kappa shape index (κ1) is 33.2. The van der Waals surface area contributed by atoms with Crippen molar-refractivity contribution < 1.29 is 23.3 Å². The molecule has 2 aromatic heterocycles. The van der Waals surface area contributed by atoms with E-state index in [1.165, 1.54) is 35.5 Å². The number of benzene rings is 2. The minimum absolute atomic E-state index is 0.121. The smallest absolute Gasteiger partial charge is 0.286 e. The summed E-state index contributed by atoms with van der Waals surface area (Å²) in [6.45, 7) is 6.00. The van der Waals surface area contributed by atoms with Gasteiger partial charge in [0.05, 0.1) is 34.2 Å². The summed E-state index contributed by atoms with van der Waals surface area (Å²) in [7, 11) is -1.48. The lowest BCUT2D eigenvalue weighted by molar-refractivity contribution is 0.0383. The molecule has 1 aliphatic heterocycles. The van der Waals surface area contributed by atoms with Gasteiger partial charge in [-0.2, -0.15) is 9.46 Å². The van der Waals surface area contributed by atoms with Crippen molar-refractivity contribution in [2.75, 3.05) is 51.0 Å². The molecule has 1 atom stereocenters. The van der Waals surface area contributed by atoms with Crippen LogP contribution in [0.1, 0.15) is 48.0 Å². The van der Waals surface area contributed by atoms with Crippen LogP contribution >= 0.6 is 0 Å². The molecule has 1 aliphatic rings. The largest absolute Gasteiger partial charge is 0.379 e. The van der Waals surface area contributed by atoms with Crippen LogP contribution in [0, 0.1) is 18.8 Å². The average molecular weight is 654 g/mol. The number of morpholine rings is 1. The summed E-state index contributed by atoms with van der Waals surface area (Å²) in [5.74, 6) is 4.68. The number of hydrogen-bond acceptors (Lipinski definition) is 8. The highest BCUT2D eigenvalue weighted by Crippen LogP contribution is 2.17. The summed E-state index contributed by atoms with van der Waals surface area (Å²) >= 11 is 0. The van der Waals surface area contributed by atoms with E-state index in [0.717, 1.165) is 18.8 Å². The molecule has 0 radical (unpaired) electrons. The van der Waals surface area contributed by atoms with Crippen molar-refractivity contribution in [1.82, 2.24) is 25.0 Å². The maximum absolute atomic E-state index is 13.6. The number of nitrogens with one attached hydrogen (secondary N) is 2. The van der Waals surface area contributed by atoms with Crippen molar-refractivity contribution in [2.24, 2.45) is 11.4 Å². The normalized spacial score (nSPS) is 14.3. The Hall–Kier alpha value is -5.16. The second kappa shape index (κ2) is 15.0. The van der Waals surface area contributed by atoms with Crippen molar-refractivity contribution in [3.63, 3.8) is 0 Å². The summed E-state index contributed by atoms with van der Waals surface area (Å²) in [5.41, 5.74) is 3.27. The molecule has 3 heterocycles. The van der Waals surface area contributed by atoms with Crippen molar-refractivity contribution in [2.45, 2.75) is 11.8 Å². The molecule has 0 aliphatic carbocycles. The van der Waals surface area contributed by atoms with E-state index in [2.05, 4.69) is 41.8 Å². The first-order valence-corrected chi connectivity index (χ1v) is 16.8. The molecule has 4 aromatic rings. The van der Waals surface area contributed by atoms with Crippen LogP contribution in [0.2, 0.25) is 0 Å². The van der Waals surface area contributed by atoms with Crippen LogP contribution in [0.3, 0.4) is 0 Å². The van der Waals surface area contributed by atoms with Crippen molar-refractivity contribution in [1.29, 1.82) is 0 Å². The zero-order chi connectivity index (χ0) is 33.4. The number of pyridine rings is 1. The number of carbonyl (C=O) groups excluding carboxylic acids is 3. The molecule has 2 N–H and O–H groups in total. The Kier molecular flexibility index (Phi) is 10.6. The van der Waals surface area contributed by atoms with Crippen molar-refractivity contribution in [3.05, 3.63) is 107 Å². The van der Waals surface area contributed by atoms with E-state index in [4.69, 9.17) is 4.74 Å². The lowest BCUT2D eigenvalue weighted by atomic mass is 10.1. The quantitative estimate of drug-likeness (QED) is 0.276. The zero-order valence-electron chi connectivity index (χ0n) is 26.4. The van der Waals surface area contributed by atoms with Gasteiger partial charge in [0.2, 0.25) is 0 Å². The van der Waals surface area contributed by atoms with Gasteiger partial charge in [0.25, 0.3) is 17.7 Å². The SMILES string of the molecule is Cc1cc(C(=O)Nc2cccc(C#Cc3cncc(C(=O)N=S(C)(=O)c4cccc(C(=O)NCCN5CCOCC5)c4)c3)c2)n(C)n1. The van der Waals surface area contributed by atoms with Crippen LogP contribution in [0.4, 0.5) is 5.69 Å². The van der Waals surface area contributed by atoms with Crippen LogP contribution in [0.5, 0.6) is 0 Å². The van der Waals surface area contributed by atoms with E-state index in [1.54, 1.807) is 55.6 Å². The minimum atomic E-state index is -3.19. The van der Waals surface area contributed by atoms with Crippen molar-refractivity contribution in [3.8, 4) is 11.8 Å². The van der Waals surface area contributed by atoms with Gasteiger partial charge in [0.15, 0.2) is 0 Å². The number of anilines is 1. The molecule has 47 heavy (non-hydrogen) atoms. The summed E-state index contributed by atoms with van der Waals surface area (Å²) in [6, 6.07) is 16.6. The van der Waals surface area contributed by atoms with Crippen LogP contribution < -0.4 is 10.6 Å². The van der Waals surface area contributed by atoms with E-state index in [1.807, 2.05) is 6.92 Å². The van der Waals surface area contributed by atoms with E-state index in [-0.39, 0.29) is 22.3 Å².